The number of amides is 1. The van der Waals surface area contributed by atoms with Crippen LogP contribution in [0.25, 0.3) is 0 Å². The van der Waals surface area contributed by atoms with Crippen molar-refractivity contribution in [2.45, 2.75) is 51.4 Å². The summed E-state index contributed by atoms with van der Waals surface area (Å²) < 4.78 is 0. The molecule has 0 saturated carbocycles. The number of aliphatic hydroxyl groups excluding tert-OH is 2. The minimum Gasteiger partial charge on any atom is -0.392 e. The summed E-state index contributed by atoms with van der Waals surface area (Å²) in [5, 5.41) is 26.5. The summed E-state index contributed by atoms with van der Waals surface area (Å²) >= 11 is 6.00. The zero-order valence-electron chi connectivity index (χ0n) is 17.5. The van der Waals surface area contributed by atoms with Gasteiger partial charge in [-0.3, -0.25) is 9.69 Å². The van der Waals surface area contributed by atoms with Crippen molar-refractivity contribution in [2.24, 2.45) is 0 Å². The number of piperidine rings is 1. The summed E-state index contributed by atoms with van der Waals surface area (Å²) in [6.45, 7) is 4.56. The van der Waals surface area contributed by atoms with Gasteiger partial charge in [0.05, 0.1) is 19.3 Å². The number of halogens is 1. The molecule has 1 aliphatic carbocycles. The Morgan fingerprint density at radius 3 is 2.73 bits per heavy atom. The van der Waals surface area contributed by atoms with Gasteiger partial charge in [0.1, 0.15) is 0 Å². The molecule has 1 atom stereocenters. The third-order valence-corrected chi connectivity index (χ3v) is 6.15. The molecule has 0 radical (unpaired) electrons. The lowest BCUT2D eigenvalue weighted by Gasteiger charge is -2.32. The molecule has 0 bridgehead atoms. The lowest BCUT2D eigenvalue weighted by molar-refractivity contribution is -0.122. The minimum atomic E-state index is -0.367. The predicted molar refractivity (Wildman–Crippen MR) is 121 cm³/mol. The lowest BCUT2D eigenvalue weighted by atomic mass is 10.0. The molecule has 1 aromatic carbocycles. The molecule has 2 aliphatic rings. The Bertz CT molecular complexity index is 801. The first-order valence-electron chi connectivity index (χ1n) is 10.7. The molecule has 1 amide bonds. The highest BCUT2D eigenvalue weighted by atomic mass is 35.5. The molecule has 7 heteroatoms. The van der Waals surface area contributed by atoms with Crippen LogP contribution in [0.15, 0.2) is 41.5 Å². The van der Waals surface area contributed by atoms with Crippen LogP contribution in [0.2, 0.25) is 5.02 Å². The van der Waals surface area contributed by atoms with Crippen molar-refractivity contribution in [3.05, 3.63) is 52.1 Å². The fourth-order valence-corrected chi connectivity index (χ4v) is 4.29. The first kappa shape index (κ1) is 22.8. The number of benzene rings is 1. The van der Waals surface area contributed by atoms with E-state index in [1.165, 1.54) is 5.57 Å². The van der Waals surface area contributed by atoms with E-state index in [9.17, 15) is 15.0 Å². The third kappa shape index (κ3) is 6.32. The van der Waals surface area contributed by atoms with Crippen LogP contribution >= 0.6 is 11.6 Å². The smallest absolute Gasteiger partial charge is 0.234 e. The summed E-state index contributed by atoms with van der Waals surface area (Å²) in [5.41, 5.74) is 3.94. The fraction of sp³-hybridized carbons (Fsp3) is 0.522. The Balaban J connectivity index is 1.37. The van der Waals surface area contributed by atoms with Crippen LogP contribution < -0.4 is 10.6 Å². The number of likely N-dealkylation sites (tertiary alicyclic amines) is 1. The second-order valence-electron chi connectivity index (χ2n) is 8.15. The highest BCUT2D eigenvalue weighted by Gasteiger charge is 2.21. The van der Waals surface area contributed by atoms with E-state index in [0.717, 1.165) is 55.6 Å². The first-order chi connectivity index (χ1) is 14.5. The van der Waals surface area contributed by atoms with Gasteiger partial charge in [-0.1, -0.05) is 29.3 Å². The van der Waals surface area contributed by atoms with E-state index < -0.39 is 0 Å². The van der Waals surface area contributed by atoms with Gasteiger partial charge in [-0.2, -0.15) is 0 Å². The number of anilines is 1. The molecular formula is C23H32ClN3O3. The van der Waals surface area contributed by atoms with Crippen molar-refractivity contribution in [3.8, 4) is 0 Å². The maximum atomic E-state index is 12.2. The topological polar surface area (TPSA) is 84.8 Å². The van der Waals surface area contributed by atoms with E-state index in [4.69, 9.17) is 11.6 Å². The van der Waals surface area contributed by atoms with Crippen LogP contribution in [0.4, 0.5) is 5.69 Å². The number of allylic oxidation sites excluding steroid dienone is 1. The van der Waals surface area contributed by atoms with Gasteiger partial charge in [0.25, 0.3) is 0 Å². The predicted octanol–water partition coefficient (Wildman–Crippen LogP) is 2.85. The van der Waals surface area contributed by atoms with Gasteiger partial charge in [-0.05, 0) is 56.4 Å². The van der Waals surface area contributed by atoms with Crippen LogP contribution in [0.3, 0.4) is 0 Å². The average molecular weight is 434 g/mol. The molecule has 1 fully saturated rings. The summed E-state index contributed by atoms with van der Waals surface area (Å²) in [5.74, 6) is 0.0176. The number of hydrogen-bond acceptors (Lipinski definition) is 5. The van der Waals surface area contributed by atoms with Gasteiger partial charge in [-0.15, -0.1) is 0 Å². The standard InChI is InChI=1S/C23H32ClN3O3/c1-16-4-7-22(29)20(16)3-2-10-25-23(30)14-27-11-8-19(9-12-27)26-21-6-5-18(24)13-17(21)15-28/h2-3,5-6,13,19,22,26,28-29H,4,7-12,14-15H2,1H3,(H,25,30)/b3-2-. The van der Waals surface area contributed by atoms with Crippen LogP contribution in [-0.4, -0.2) is 59.3 Å². The maximum absolute atomic E-state index is 12.2. The van der Waals surface area contributed by atoms with E-state index >= 15 is 0 Å². The quantitative estimate of drug-likeness (QED) is 0.506. The fourth-order valence-electron chi connectivity index (χ4n) is 4.10. The van der Waals surface area contributed by atoms with Crippen molar-refractivity contribution in [2.75, 3.05) is 31.5 Å². The molecule has 3 rings (SSSR count). The zero-order chi connectivity index (χ0) is 21.5. The number of carbonyl (C=O) groups is 1. The molecule has 1 heterocycles. The average Bonchev–Trinajstić information content (AvgIpc) is 3.05. The molecule has 1 aromatic rings. The molecule has 0 spiro atoms. The molecule has 30 heavy (non-hydrogen) atoms. The van der Waals surface area contributed by atoms with Crippen molar-refractivity contribution in [3.63, 3.8) is 0 Å². The highest BCUT2D eigenvalue weighted by Crippen LogP contribution is 2.27. The number of aliphatic hydroxyl groups is 2. The molecular weight excluding hydrogens is 402 g/mol. The van der Waals surface area contributed by atoms with E-state index in [1.54, 1.807) is 6.07 Å². The van der Waals surface area contributed by atoms with E-state index in [2.05, 4.69) is 15.5 Å². The Morgan fingerprint density at radius 2 is 2.07 bits per heavy atom. The Kier molecular flexibility index (Phi) is 8.33. The summed E-state index contributed by atoms with van der Waals surface area (Å²) in [4.78, 5) is 14.4. The van der Waals surface area contributed by atoms with Gasteiger partial charge in [0, 0.05) is 41.9 Å². The summed E-state index contributed by atoms with van der Waals surface area (Å²) in [6, 6.07) is 5.82. The van der Waals surface area contributed by atoms with Crippen LogP contribution in [0.1, 0.15) is 38.2 Å². The normalized spacial score (nSPS) is 20.9. The monoisotopic (exact) mass is 433 g/mol. The van der Waals surface area contributed by atoms with E-state index in [1.807, 2.05) is 31.2 Å². The van der Waals surface area contributed by atoms with Crippen LogP contribution in [-0.2, 0) is 11.4 Å². The molecule has 164 valence electrons. The van der Waals surface area contributed by atoms with Crippen molar-refractivity contribution >= 4 is 23.2 Å². The largest absolute Gasteiger partial charge is 0.392 e. The number of nitrogens with zero attached hydrogens (tertiary/aromatic N) is 1. The second-order valence-corrected chi connectivity index (χ2v) is 8.59. The van der Waals surface area contributed by atoms with Crippen molar-refractivity contribution in [1.82, 2.24) is 10.2 Å². The number of hydrogen-bond donors (Lipinski definition) is 4. The van der Waals surface area contributed by atoms with E-state index in [-0.39, 0.29) is 18.6 Å². The first-order valence-corrected chi connectivity index (χ1v) is 11.0. The van der Waals surface area contributed by atoms with Crippen molar-refractivity contribution < 1.29 is 15.0 Å². The Hall–Kier alpha value is -1.86. The highest BCUT2D eigenvalue weighted by molar-refractivity contribution is 6.30. The van der Waals surface area contributed by atoms with Gasteiger partial charge in [0.15, 0.2) is 0 Å². The molecule has 1 aliphatic heterocycles. The lowest BCUT2D eigenvalue weighted by Crippen LogP contribution is -2.44. The second kappa shape index (κ2) is 11.0. The maximum Gasteiger partial charge on any atom is 0.234 e. The third-order valence-electron chi connectivity index (χ3n) is 5.91. The summed E-state index contributed by atoms with van der Waals surface area (Å²) in [6.07, 6.45) is 7.08. The zero-order valence-corrected chi connectivity index (χ0v) is 18.3. The van der Waals surface area contributed by atoms with Gasteiger partial charge >= 0.3 is 0 Å². The van der Waals surface area contributed by atoms with Crippen LogP contribution in [0, 0.1) is 0 Å². The molecule has 4 N–H and O–H groups in total. The SMILES string of the molecule is CC1=C(/C=C\CNC(=O)CN2CCC(Nc3ccc(Cl)cc3CO)CC2)C(O)CC1. The Morgan fingerprint density at radius 1 is 1.30 bits per heavy atom. The number of nitrogens with one attached hydrogen (secondary N) is 2. The number of carbonyl (C=O) groups excluding carboxylic acids is 1. The van der Waals surface area contributed by atoms with Crippen LogP contribution in [0.5, 0.6) is 0 Å². The van der Waals surface area contributed by atoms with Gasteiger partial charge < -0.3 is 20.8 Å². The van der Waals surface area contributed by atoms with E-state index in [0.29, 0.717) is 24.2 Å². The molecule has 1 saturated heterocycles. The molecule has 0 aromatic heterocycles. The number of rotatable bonds is 8. The van der Waals surface area contributed by atoms with Crippen molar-refractivity contribution in [1.29, 1.82) is 0 Å². The van der Waals surface area contributed by atoms with Gasteiger partial charge in [-0.25, -0.2) is 0 Å². The molecule has 6 nitrogen and oxygen atoms in total. The molecule has 1 unspecified atom stereocenters. The Labute approximate surface area is 183 Å². The van der Waals surface area contributed by atoms with Gasteiger partial charge in [0.2, 0.25) is 5.91 Å². The summed E-state index contributed by atoms with van der Waals surface area (Å²) in [7, 11) is 0. The minimum absolute atomic E-state index is 0.0176.